The zero-order chi connectivity index (χ0) is 12.6. The van der Waals surface area contributed by atoms with Crippen molar-refractivity contribution in [3.05, 3.63) is 0 Å². The molecule has 0 aliphatic carbocycles. The topological polar surface area (TPSA) is 12.0 Å². The van der Waals surface area contributed by atoms with Crippen molar-refractivity contribution in [3.8, 4) is 0 Å². The van der Waals surface area contributed by atoms with Gasteiger partial charge in [0.05, 0.1) is 0 Å². The molecule has 0 aliphatic rings. The van der Waals surface area contributed by atoms with Crippen molar-refractivity contribution in [1.29, 1.82) is 0 Å². The smallest absolute Gasteiger partial charge is 0.314 e. The van der Waals surface area contributed by atoms with Gasteiger partial charge in [-0.25, -0.2) is 0 Å². The van der Waals surface area contributed by atoms with Crippen LogP contribution in [0, 0.1) is 5.92 Å². The Kier molecular flexibility index (Phi) is 7.81. The van der Waals surface area contributed by atoms with Gasteiger partial charge in [-0.2, -0.15) is 13.2 Å². The summed E-state index contributed by atoms with van der Waals surface area (Å²) in [5, 5.41) is 3.13. The zero-order valence-electron chi connectivity index (χ0n) is 10.5. The number of alkyl halides is 3. The van der Waals surface area contributed by atoms with Crippen LogP contribution in [-0.4, -0.2) is 18.8 Å². The van der Waals surface area contributed by atoms with Crippen LogP contribution >= 0.6 is 0 Å². The maximum Gasteiger partial charge on any atom is 0.389 e. The summed E-state index contributed by atoms with van der Waals surface area (Å²) in [6.07, 6.45) is -1.14. The first-order chi connectivity index (χ1) is 7.31. The van der Waals surface area contributed by atoms with Crippen LogP contribution in [0.3, 0.4) is 0 Å². The van der Waals surface area contributed by atoms with Crippen molar-refractivity contribution in [1.82, 2.24) is 5.32 Å². The Morgan fingerprint density at radius 3 is 2.12 bits per heavy atom. The standard InChI is InChI=1S/C12H24F3N/c1-10(2)6-4-7-11(3)16-9-5-8-12(13,14)15/h10-11,16H,4-9H2,1-3H3. The summed E-state index contributed by atoms with van der Waals surface area (Å²) >= 11 is 0. The van der Waals surface area contributed by atoms with E-state index in [9.17, 15) is 13.2 Å². The minimum atomic E-state index is -4.01. The molecule has 0 saturated heterocycles. The molecule has 98 valence electrons. The number of hydrogen-bond donors (Lipinski definition) is 1. The second-order valence-corrected chi connectivity index (χ2v) is 4.90. The molecule has 1 atom stereocenters. The highest BCUT2D eigenvalue weighted by Gasteiger charge is 2.25. The first-order valence-corrected chi connectivity index (χ1v) is 6.11. The highest BCUT2D eigenvalue weighted by atomic mass is 19.4. The fourth-order valence-electron chi connectivity index (χ4n) is 1.57. The number of nitrogens with one attached hydrogen (secondary N) is 1. The SMILES string of the molecule is CC(C)CCCC(C)NCCCC(F)(F)F. The quantitative estimate of drug-likeness (QED) is 0.628. The lowest BCUT2D eigenvalue weighted by atomic mass is 10.0. The van der Waals surface area contributed by atoms with E-state index in [1.807, 2.05) is 6.92 Å². The minimum absolute atomic E-state index is 0.179. The molecule has 0 aliphatic heterocycles. The highest BCUT2D eigenvalue weighted by Crippen LogP contribution is 2.20. The number of rotatable bonds is 8. The van der Waals surface area contributed by atoms with E-state index >= 15 is 0 Å². The normalized spacial score (nSPS) is 14.4. The molecule has 0 amide bonds. The third-order valence-electron chi connectivity index (χ3n) is 2.55. The minimum Gasteiger partial charge on any atom is -0.314 e. The molecule has 0 fully saturated rings. The Balaban J connectivity index is 3.34. The van der Waals surface area contributed by atoms with Gasteiger partial charge in [0.25, 0.3) is 0 Å². The second kappa shape index (κ2) is 7.93. The maximum absolute atomic E-state index is 11.8. The molecule has 0 radical (unpaired) electrons. The Morgan fingerprint density at radius 1 is 1.00 bits per heavy atom. The van der Waals surface area contributed by atoms with Crippen molar-refractivity contribution in [2.24, 2.45) is 5.92 Å². The average Bonchev–Trinajstić information content (AvgIpc) is 2.10. The number of halogens is 3. The number of hydrogen-bond acceptors (Lipinski definition) is 1. The van der Waals surface area contributed by atoms with Crippen LogP contribution in [0.15, 0.2) is 0 Å². The van der Waals surface area contributed by atoms with E-state index in [2.05, 4.69) is 19.2 Å². The zero-order valence-corrected chi connectivity index (χ0v) is 10.5. The van der Waals surface area contributed by atoms with Gasteiger partial charge in [-0.1, -0.05) is 26.7 Å². The van der Waals surface area contributed by atoms with E-state index in [4.69, 9.17) is 0 Å². The lowest BCUT2D eigenvalue weighted by molar-refractivity contribution is -0.135. The third-order valence-corrected chi connectivity index (χ3v) is 2.55. The Hall–Kier alpha value is -0.250. The summed E-state index contributed by atoms with van der Waals surface area (Å²) < 4.78 is 35.5. The summed E-state index contributed by atoms with van der Waals surface area (Å²) in [7, 11) is 0. The molecule has 0 aromatic rings. The average molecular weight is 239 g/mol. The molecule has 0 bridgehead atoms. The lowest BCUT2D eigenvalue weighted by Gasteiger charge is -2.14. The van der Waals surface area contributed by atoms with Crippen LogP contribution in [0.2, 0.25) is 0 Å². The van der Waals surface area contributed by atoms with Gasteiger partial charge in [-0.15, -0.1) is 0 Å². The van der Waals surface area contributed by atoms with Crippen LogP contribution in [0.5, 0.6) is 0 Å². The molecule has 1 unspecified atom stereocenters. The van der Waals surface area contributed by atoms with Gasteiger partial charge in [-0.05, 0) is 32.2 Å². The van der Waals surface area contributed by atoms with Gasteiger partial charge < -0.3 is 5.32 Å². The Bertz CT molecular complexity index is 166. The lowest BCUT2D eigenvalue weighted by Crippen LogP contribution is -2.27. The molecule has 0 aromatic carbocycles. The summed E-state index contributed by atoms with van der Waals surface area (Å²) in [5.41, 5.74) is 0. The van der Waals surface area contributed by atoms with Crippen molar-refractivity contribution < 1.29 is 13.2 Å². The van der Waals surface area contributed by atoms with Gasteiger partial charge >= 0.3 is 6.18 Å². The van der Waals surface area contributed by atoms with E-state index in [1.54, 1.807) is 0 Å². The summed E-state index contributed by atoms with van der Waals surface area (Å²) in [5.74, 6) is 0.706. The molecular weight excluding hydrogens is 215 g/mol. The summed E-state index contributed by atoms with van der Waals surface area (Å²) in [6.45, 7) is 6.86. The first-order valence-electron chi connectivity index (χ1n) is 6.11. The van der Waals surface area contributed by atoms with Crippen LogP contribution < -0.4 is 5.32 Å². The predicted octanol–water partition coefficient (Wildman–Crippen LogP) is 4.13. The Labute approximate surface area is 96.8 Å². The summed E-state index contributed by atoms with van der Waals surface area (Å²) in [4.78, 5) is 0. The fourth-order valence-corrected chi connectivity index (χ4v) is 1.57. The van der Waals surface area contributed by atoms with E-state index in [0.717, 1.165) is 12.8 Å². The van der Waals surface area contributed by atoms with Gasteiger partial charge in [0.1, 0.15) is 0 Å². The highest BCUT2D eigenvalue weighted by molar-refractivity contribution is 4.62. The molecule has 0 heterocycles. The van der Waals surface area contributed by atoms with Crippen LogP contribution in [-0.2, 0) is 0 Å². The summed E-state index contributed by atoms with van der Waals surface area (Å²) in [6, 6.07) is 0.326. The van der Waals surface area contributed by atoms with E-state index in [0.29, 0.717) is 18.5 Å². The van der Waals surface area contributed by atoms with Gasteiger partial charge in [0.2, 0.25) is 0 Å². The van der Waals surface area contributed by atoms with E-state index in [-0.39, 0.29) is 6.42 Å². The van der Waals surface area contributed by atoms with Crippen LogP contribution in [0.25, 0.3) is 0 Å². The van der Waals surface area contributed by atoms with Crippen molar-refractivity contribution in [2.75, 3.05) is 6.54 Å². The van der Waals surface area contributed by atoms with Crippen molar-refractivity contribution in [3.63, 3.8) is 0 Å². The fraction of sp³-hybridized carbons (Fsp3) is 1.00. The van der Waals surface area contributed by atoms with E-state index in [1.165, 1.54) is 6.42 Å². The van der Waals surface area contributed by atoms with Crippen LogP contribution in [0.1, 0.15) is 52.9 Å². The van der Waals surface area contributed by atoms with Crippen LogP contribution in [0.4, 0.5) is 13.2 Å². The third kappa shape index (κ3) is 11.8. The first kappa shape index (κ1) is 15.8. The molecule has 0 saturated carbocycles. The molecule has 4 heteroatoms. The van der Waals surface area contributed by atoms with Gasteiger partial charge in [0, 0.05) is 12.5 Å². The largest absolute Gasteiger partial charge is 0.389 e. The van der Waals surface area contributed by atoms with E-state index < -0.39 is 12.6 Å². The predicted molar refractivity (Wildman–Crippen MR) is 61.4 cm³/mol. The monoisotopic (exact) mass is 239 g/mol. The molecule has 0 spiro atoms. The van der Waals surface area contributed by atoms with Crippen molar-refractivity contribution >= 4 is 0 Å². The second-order valence-electron chi connectivity index (χ2n) is 4.90. The Morgan fingerprint density at radius 2 is 1.62 bits per heavy atom. The van der Waals surface area contributed by atoms with Gasteiger partial charge in [0.15, 0.2) is 0 Å². The molecule has 0 rings (SSSR count). The molecular formula is C12H24F3N. The van der Waals surface area contributed by atoms with Gasteiger partial charge in [-0.3, -0.25) is 0 Å². The molecule has 1 N–H and O–H groups in total. The molecule has 1 nitrogen and oxygen atoms in total. The molecule has 16 heavy (non-hydrogen) atoms. The van der Waals surface area contributed by atoms with Crippen molar-refractivity contribution in [2.45, 2.75) is 65.1 Å². The maximum atomic E-state index is 11.8. The molecule has 0 aromatic heterocycles.